The summed E-state index contributed by atoms with van der Waals surface area (Å²) in [6, 6.07) is 9.87. The topological polar surface area (TPSA) is 92.3 Å². The molecule has 2 N–H and O–H groups in total. The largest absolute Gasteiger partial charge is 0.295 e. The predicted octanol–water partition coefficient (Wildman–Crippen LogP) is 1.65. The van der Waals surface area contributed by atoms with Crippen molar-refractivity contribution in [3.05, 3.63) is 65.5 Å². The van der Waals surface area contributed by atoms with E-state index in [1.807, 2.05) is 10.3 Å². The third kappa shape index (κ3) is 4.21. The maximum absolute atomic E-state index is 12.8. The zero-order chi connectivity index (χ0) is 17.0. The molecule has 0 heterocycles. The Balaban J connectivity index is 2.07. The summed E-state index contributed by atoms with van der Waals surface area (Å²) in [6.45, 7) is 1.37. The molecule has 0 radical (unpaired) electrons. The van der Waals surface area contributed by atoms with Gasteiger partial charge in [-0.1, -0.05) is 12.1 Å². The Morgan fingerprint density at radius 2 is 1.43 bits per heavy atom. The Hall–Kier alpha value is -2.58. The van der Waals surface area contributed by atoms with Gasteiger partial charge in [0.25, 0.3) is 15.9 Å². The summed E-state index contributed by atoms with van der Waals surface area (Å²) in [6.07, 6.45) is 0. The highest BCUT2D eigenvalue weighted by atomic mass is 32.2. The Kier molecular flexibility index (Phi) is 4.87. The Morgan fingerprint density at radius 3 is 1.96 bits per heavy atom. The Bertz CT molecular complexity index is 831. The molecule has 8 heteroatoms. The van der Waals surface area contributed by atoms with Crippen LogP contribution < -0.4 is 10.3 Å². The normalized spacial score (nSPS) is 11.0. The van der Waals surface area contributed by atoms with Crippen LogP contribution in [0.1, 0.15) is 27.6 Å². The van der Waals surface area contributed by atoms with Crippen molar-refractivity contribution in [1.82, 2.24) is 10.3 Å². The number of carbonyl (C=O) groups is 2. The van der Waals surface area contributed by atoms with Crippen molar-refractivity contribution in [3.63, 3.8) is 0 Å². The van der Waals surface area contributed by atoms with Crippen molar-refractivity contribution in [2.75, 3.05) is 0 Å². The summed E-state index contributed by atoms with van der Waals surface area (Å²) in [7, 11) is -3.98. The van der Waals surface area contributed by atoms with Gasteiger partial charge in [0.05, 0.1) is 4.90 Å². The molecule has 1 amide bonds. The van der Waals surface area contributed by atoms with Crippen LogP contribution in [-0.2, 0) is 10.0 Å². The number of rotatable bonds is 5. The van der Waals surface area contributed by atoms with E-state index in [9.17, 15) is 22.4 Å². The number of hydrogen-bond donors (Lipinski definition) is 2. The van der Waals surface area contributed by atoms with Gasteiger partial charge in [0.15, 0.2) is 5.78 Å². The highest BCUT2D eigenvalue weighted by Gasteiger charge is 2.16. The molecule has 23 heavy (non-hydrogen) atoms. The Labute approximate surface area is 132 Å². The van der Waals surface area contributed by atoms with Crippen molar-refractivity contribution in [1.29, 1.82) is 0 Å². The molecular formula is C15H13FN2O4S. The minimum Gasteiger partial charge on any atom is -0.295 e. The SMILES string of the molecule is CC(=O)c1ccc(S(=O)(=O)NNC(=O)c2ccc(F)cc2)cc1. The number of sulfonamides is 1. The number of benzene rings is 2. The molecule has 0 aliphatic heterocycles. The molecule has 0 bridgehead atoms. The smallest absolute Gasteiger partial charge is 0.266 e. The van der Waals surface area contributed by atoms with Gasteiger partial charge in [0.1, 0.15) is 5.82 Å². The number of hydrazine groups is 1. The molecular weight excluding hydrogens is 323 g/mol. The zero-order valence-electron chi connectivity index (χ0n) is 12.0. The van der Waals surface area contributed by atoms with Crippen LogP contribution in [0, 0.1) is 5.82 Å². The van der Waals surface area contributed by atoms with Crippen molar-refractivity contribution in [2.45, 2.75) is 11.8 Å². The van der Waals surface area contributed by atoms with Crippen LogP contribution >= 0.6 is 0 Å². The molecule has 2 rings (SSSR count). The minimum atomic E-state index is -3.98. The number of hydrogen-bond acceptors (Lipinski definition) is 4. The van der Waals surface area contributed by atoms with Gasteiger partial charge in [-0.3, -0.25) is 15.0 Å². The molecule has 0 aliphatic rings. The molecule has 6 nitrogen and oxygen atoms in total. The second-order valence-corrected chi connectivity index (χ2v) is 6.33. The highest BCUT2D eigenvalue weighted by molar-refractivity contribution is 7.89. The van der Waals surface area contributed by atoms with Gasteiger partial charge < -0.3 is 0 Å². The van der Waals surface area contributed by atoms with Crippen molar-refractivity contribution >= 4 is 21.7 Å². The molecule has 0 saturated heterocycles. The number of carbonyl (C=O) groups excluding carboxylic acids is 2. The van der Waals surface area contributed by atoms with Gasteiger partial charge in [-0.2, -0.15) is 0 Å². The third-order valence-electron chi connectivity index (χ3n) is 2.98. The second kappa shape index (κ2) is 6.67. The van der Waals surface area contributed by atoms with Crippen molar-refractivity contribution in [2.24, 2.45) is 0 Å². The standard InChI is InChI=1S/C15H13FN2O4S/c1-10(19)11-4-8-14(9-5-11)23(21,22)18-17-15(20)12-2-6-13(16)7-3-12/h2-9,18H,1H3,(H,17,20). The average molecular weight is 336 g/mol. The monoisotopic (exact) mass is 336 g/mol. The van der Waals surface area contributed by atoms with Crippen molar-refractivity contribution < 1.29 is 22.4 Å². The van der Waals surface area contributed by atoms with E-state index in [1.54, 1.807) is 0 Å². The molecule has 0 fully saturated rings. The lowest BCUT2D eigenvalue weighted by Gasteiger charge is -2.09. The number of nitrogens with one attached hydrogen (secondary N) is 2. The molecule has 0 atom stereocenters. The van der Waals surface area contributed by atoms with E-state index in [0.29, 0.717) is 5.56 Å². The average Bonchev–Trinajstić information content (AvgIpc) is 2.53. The zero-order valence-corrected chi connectivity index (χ0v) is 12.9. The van der Waals surface area contributed by atoms with E-state index in [-0.39, 0.29) is 16.2 Å². The number of ketones is 1. The number of Topliss-reactive ketones (excluding diaryl/α,β-unsaturated/α-hetero) is 1. The fraction of sp³-hybridized carbons (Fsp3) is 0.0667. The fourth-order valence-corrected chi connectivity index (χ4v) is 2.55. The molecule has 0 aliphatic carbocycles. The molecule has 120 valence electrons. The second-order valence-electron chi connectivity index (χ2n) is 4.65. The van der Waals surface area contributed by atoms with Gasteiger partial charge in [-0.15, -0.1) is 4.83 Å². The van der Waals surface area contributed by atoms with Gasteiger partial charge in [-0.05, 0) is 43.3 Å². The highest BCUT2D eigenvalue weighted by Crippen LogP contribution is 2.10. The van der Waals surface area contributed by atoms with Crippen LogP contribution in [0.2, 0.25) is 0 Å². The van der Waals surface area contributed by atoms with Crippen molar-refractivity contribution in [3.8, 4) is 0 Å². The van der Waals surface area contributed by atoms with Gasteiger partial charge in [0, 0.05) is 11.1 Å². The van der Waals surface area contributed by atoms with E-state index in [0.717, 1.165) is 12.1 Å². The third-order valence-corrected chi connectivity index (χ3v) is 4.24. The molecule has 0 saturated carbocycles. The molecule has 0 spiro atoms. The summed E-state index contributed by atoms with van der Waals surface area (Å²) in [5.74, 6) is -1.42. The first kappa shape index (κ1) is 16.8. The number of halogens is 1. The van der Waals surface area contributed by atoms with Crippen LogP contribution in [0.15, 0.2) is 53.4 Å². The predicted molar refractivity (Wildman–Crippen MR) is 80.6 cm³/mol. The van der Waals surface area contributed by atoms with E-state index in [1.165, 1.54) is 43.3 Å². The molecule has 0 aromatic heterocycles. The van der Waals surface area contributed by atoms with Crippen LogP contribution in [0.3, 0.4) is 0 Å². The van der Waals surface area contributed by atoms with Crippen LogP contribution in [0.25, 0.3) is 0 Å². The lowest BCUT2D eigenvalue weighted by molar-refractivity contribution is 0.0944. The summed E-state index contributed by atoms with van der Waals surface area (Å²) >= 11 is 0. The van der Waals surface area contributed by atoms with E-state index < -0.39 is 21.7 Å². The van der Waals surface area contributed by atoms with E-state index in [4.69, 9.17) is 0 Å². The van der Waals surface area contributed by atoms with Gasteiger partial charge in [-0.25, -0.2) is 12.8 Å². The lowest BCUT2D eigenvalue weighted by Crippen LogP contribution is -2.41. The summed E-state index contributed by atoms with van der Waals surface area (Å²) in [5.41, 5.74) is 2.50. The van der Waals surface area contributed by atoms with Gasteiger partial charge >= 0.3 is 0 Å². The quantitative estimate of drug-likeness (QED) is 0.641. The first-order chi connectivity index (χ1) is 10.8. The van der Waals surface area contributed by atoms with Gasteiger partial charge in [0.2, 0.25) is 0 Å². The summed E-state index contributed by atoms with van der Waals surface area (Å²) in [4.78, 5) is 24.7. The first-order valence-corrected chi connectivity index (χ1v) is 7.96. The van der Waals surface area contributed by atoms with Crippen LogP contribution in [0.5, 0.6) is 0 Å². The maximum Gasteiger partial charge on any atom is 0.266 e. The van der Waals surface area contributed by atoms with Crippen LogP contribution in [0.4, 0.5) is 4.39 Å². The molecule has 2 aromatic rings. The van der Waals surface area contributed by atoms with E-state index >= 15 is 0 Å². The molecule has 0 unspecified atom stereocenters. The maximum atomic E-state index is 12.8. The lowest BCUT2D eigenvalue weighted by atomic mass is 10.2. The minimum absolute atomic E-state index is 0.0982. The first-order valence-electron chi connectivity index (χ1n) is 6.48. The Morgan fingerprint density at radius 1 is 0.913 bits per heavy atom. The number of amides is 1. The molecule has 2 aromatic carbocycles. The summed E-state index contributed by atoms with van der Waals surface area (Å²) in [5, 5.41) is 0. The van der Waals surface area contributed by atoms with E-state index in [2.05, 4.69) is 0 Å². The van der Waals surface area contributed by atoms with Crippen LogP contribution in [-0.4, -0.2) is 20.1 Å². The summed E-state index contributed by atoms with van der Waals surface area (Å²) < 4.78 is 36.8. The fourth-order valence-electron chi connectivity index (χ4n) is 1.71.